The summed E-state index contributed by atoms with van der Waals surface area (Å²) in [4.78, 5) is 12.1. The fraction of sp³-hybridized carbons (Fsp3) is 0.533. The maximum Gasteiger partial charge on any atom is 0.231 e. The van der Waals surface area contributed by atoms with Gasteiger partial charge >= 0.3 is 0 Å². The molecule has 5 nitrogen and oxygen atoms in total. The summed E-state index contributed by atoms with van der Waals surface area (Å²) in [7, 11) is 0. The zero-order chi connectivity index (χ0) is 13.9. The second kappa shape index (κ2) is 5.71. The number of benzene rings is 1. The van der Waals surface area contributed by atoms with Gasteiger partial charge in [-0.3, -0.25) is 4.79 Å². The van der Waals surface area contributed by atoms with Gasteiger partial charge in [-0.2, -0.15) is 0 Å². The zero-order valence-electron chi connectivity index (χ0n) is 11.6. The quantitative estimate of drug-likeness (QED) is 0.888. The molecule has 0 saturated carbocycles. The molecule has 2 unspecified atom stereocenters. The monoisotopic (exact) mass is 276 g/mol. The highest BCUT2D eigenvalue weighted by Gasteiger charge is 2.23. The summed E-state index contributed by atoms with van der Waals surface area (Å²) in [5.74, 6) is 2.00. The second-order valence-corrected chi connectivity index (χ2v) is 5.50. The van der Waals surface area contributed by atoms with E-state index in [1.165, 1.54) is 12.8 Å². The van der Waals surface area contributed by atoms with E-state index in [1.54, 1.807) is 6.07 Å². The lowest BCUT2D eigenvalue weighted by molar-refractivity contribution is -0.117. The first-order valence-electron chi connectivity index (χ1n) is 7.15. The molecule has 0 bridgehead atoms. The average Bonchev–Trinajstić information content (AvgIpc) is 2.89. The number of anilines is 1. The molecule has 20 heavy (non-hydrogen) atoms. The van der Waals surface area contributed by atoms with Crippen molar-refractivity contribution in [1.82, 2.24) is 5.32 Å². The lowest BCUT2D eigenvalue weighted by Gasteiger charge is -2.29. The number of nitrogens with one attached hydrogen (secondary N) is 2. The van der Waals surface area contributed by atoms with Crippen LogP contribution in [0.15, 0.2) is 18.2 Å². The van der Waals surface area contributed by atoms with Crippen molar-refractivity contribution < 1.29 is 14.3 Å². The van der Waals surface area contributed by atoms with Crippen LogP contribution in [0.1, 0.15) is 26.2 Å². The number of carbonyl (C=O) groups is 1. The summed E-state index contributed by atoms with van der Waals surface area (Å²) in [5, 5.41) is 6.35. The molecule has 0 aliphatic carbocycles. The van der Waals surface area contributed by atoms with Gasteiger partial charge in [0.2, 0.25) is 12.7 Å². The molecule has 0 aromatic heterocycles. The predicted octanol–water partition coefficient (Wildman–Crippen LogP) is 2.13. The van der Waals surface area contributed by atoms with Crippen molar-refractivity contribution in [2.24, 2.45) is 5.92 Å². The van der Waals surface area contributed by atoms with Crippen LogP contribution in [0.5, 0.6) is 11.5 Å². The molecule has 2 atom stereocenters. The zero-order valence-corrected chi connectivity index (χ0v) is 11.6. The lowest BCUT2D eigenvalue weighted by Crippen LogP contribution is -2.42. The molecule has 0 radical (unpaired) electrons. The van der Waals surface area contributed by atoms with Crippen molar-refractivity contribution in [1.29, 1.82) is 0 Å². The number of rotatable bonds is 3. The topological polar surface area (TPSA) is 59.6 Å². The number of hydrogen-bond donors (Lipinski definition) is 2. The van der Waals surface area contributed by atoms with Crippen LogP contribution in [-0.4, -0.2) is 25.3 Å². The summed E-state index contributed by atoms with van der Waals surface area (Å²) in [6, 6.07) is 5.73. The number of ether oxygens (including phenoxy) is 2. The van der Waals surface area contributed by atoms with Crippen molar-refractivity contribution in [2.45, 2.75) is 32.2 Å². The molecule has 1 fully saturated rings. The Morgan fingerprint density at radius 1 is 1.40 bits per heavy atom. The van der Waals surface area contributed by atoms with E-state index in [4.69, 9.17) is 9.47 Å². The molecular weight excluding hydrogens is 256 g/mol. The summed E-state index contributed by atoms with van der Waals surface area (Å²) in [6.45, 7) is 3.45. The van der Waals surface area contributed by atoms with Gasteiger partial charge in [0.25, 0.3) is 0 Å². The van der Waals surface area contributed by atoms with Crippen LogP contribution in [0.4, 0.5) is 5.69 Å². The van der Waals surface area contributed by atoms with Gasteiger partial charge in [0, 0.05) is 24.2 Å². The molecule has 2 aliphatic rings. The SMILES string of the molecule is CC1CCCNC1CC(=O)Nc1ccc2c(c1)OCO2. The van der Waals surface area contributed by atoms with E-state index in [0.717, 1.165) is 18.0 Å². The normalized spacial score (nSPS) is 24.4. The average molecular weight is 276 g/mol. The van der Waals surface area contributed by atoms with Crippen LogP contribution in [-0.2, 0) is 4.79 Å². The Labute approximate surface area is 118 Å². The van der Waals surface area contributed by atoms with Gasteiger partial charge in [-0.25, -0.2) is 0 Å². The third kappa shape index (κ3) is 2.88. The van der Waals surface area contributed by atoms with Gasteiger partial charge in [-0.05, 0) is 37.4 Å². The summed E-state index contributed by atoms with van der Waals surface area (Å²) in [5.41, 5.74) is 0.753. The molecule has 1 saturated heterocycles. The lowest BCUT2D eigenvalue weighted by atomic mass is 9.90. The van der Waals surface area contributed by atoms with Gasteiger partial charge in [0.1, 0.15) is 0 Å². The van der Waals surface area contributed by atoms with E-state index < -0.39 is 0 Å². The van der Waals surface area contributed by atoms with Gasteiger partial charge in [0.15, 0.2) is 11.5 Å². The molecule has 1 aromatic carbocycles. The molecule has 2 heterocycles. The Kier molecular flexibility index (Phi) is 3.78. The van der Waals surface area contributed by atoms with E-state index in [1.807, 2.05) is 12.1 Å². The van der Waals surface area contributed by atoms with Gasteiger partial charge in [-0.1, -0.05) is 6.92 Å². The number of fused-ring (bicyclic) bond motifs is 1. The maximum absolute atomic E-state index is 12.1. The van der Waals surface area contributed by atoms with Crippen LogP contribution < -0.4 is 20.1 Å². The van der Waals surface area contributed by atoms with E-state index in [9.17, 15) is 4.79 Å². The smallest absolute Gasteiger partial charge is 0.231 e. The van der Waals surface area contributed by atoms with Crippen molar-refractivity contribution in [2.75, 3.05) is 18.7 Å². The Morgan fingerprint density at radius 2 is 2.25 bits per heavy atom. The first-order valence-corrected chi connectivity index (χ1v) is 7.15. The fourth-order valence-electron chi connectivity index (χ4n) is 2.77. The third-order valence-electron chi connectivity index (χ3n) is 3.99. The minimum atomic E-state index is 0.0371. The van der Waals surface area contributed by atoms with Crippen molar-refractivity contribution in [3.63, 3.8) is 0 Å². The van der Waals surface area contributed by atoms with Crippen LogP contribution in [0.25, 0.3) is 0 Å². The summed E-state index contributed by atoms with van der Waals surface area (Å²) < 4.78 is 10.6. The number of carbonyl (C=O) groups excluding carboxylic acids is 1. The minimum absolute atomic E-state index is 0.0371. The van der Waals surface area contributed by atoms with E-state index in [-0.39, 0.29) is 18.7 Å². The highest BCUT2D eigenvalue weighted by molar-refractivity contribution is 5.91. The number of hydrogen-bond acceptors (Lipinski definition) is 4. The van der Waals surface area contributed by atoms with Crippen LogP contribution >= 0.6 is 0 Å². The van der Waals surface area contributed by atoms with E-state index in [0.29, 0.717) is 18.1 Å². The highest BCUT2D eigenvalue weighted by atomic mass is 16.7. The fourth-order valence-corrected chi connectivity index (χ4v) is 2.77. The predicted molar refractivity (Wildman–Crippen MR) is 76.0 cm³/mol. The standard InChI is InChI=1S/C15H20N2O3/c1-10-3-2-6-16-12(10)8-15(18)17-11-4-5-13-14(7-11)20-9-19-13/h4-5,7,10,12,16H,2-3,6,8-9H2,1H3,(H,17,18). The van der Waals surface area contributed by atoms with Crippen LogP contribution in [0.3, 0.4) is 0 Å². The molecule has 0 spiro atoms. The first kappa shape index (κ1) is 13.2. The summed E-state index contributed by atoms with van der Waals surface area (Å²) in [6.07, 6.45) is 2.89. The van der Waals surface area contributed by atoms with Crippen molar-refractivity contribution >= 4 is 11.6 Å². The van der Waals surface area contributed by atoms with Crippen LogP contribution in [0.2, 0.25) is 0 Å². The molecular formula is C15H20N2O3. The molecule has 5 heteroatoms. The third-order valence-corrected chi connectivity index (χ3v) is 3.99. The molecule has 3 rings (SSSR count). The maximum atomic E-state index is 12.1. The van der Waals surface area contributed by atoms with Gasteiger partial charge < -0.3 is 20.1 Å². The highest BCUT2D eigenvalue weighted by Crippen LogP contribution is 2.34. The number of piperidine rings is 1. The Bertz CT molecular complexity index is 504. The van der Waals surface area contributed by atoms with Crippen LogP contribution in [0, 0.1) is 5.92 Å². The Balaban J connectivity index is 1.58. The van der Waals surface area contributed by atoms with Crippen molar-refractivity contribution in [3.8, 4) is 11.5 Å². The van der Waals surface area contributed by atoms with Gasteiger partial charge in [0.05, 0.1) is 0 Å². The van der Waals surface area contributed by atoms with Crippen molar-refractivity contribution in [3.05, 3.63) is 18.2 Å². The molecule has 2 N–H and O–H groups in total. The largest absolute Gasteiger partial charge is 0.454 e. The second-order valence-electron chi connectivity index (χ2n) is 5.50. The Morgan fingerprint density at radius 3 is 3.10 bits per heavy atom. The van der Waals surface area contributed by atoms with E-state index in [2.05, 4.69) is 17.6 Å². The minimum Gasteiger partial charge on any atom is -0.454 e. The van der Waals surface area contributed by atoms with E-state index >= 15 is 0 Å². The Hall–Kier alpha value is -1.75. The molecule has 108 valence electrons. The first-order chi connectivity index (χ1) is 9.72. The molecule has 1 amide bonds. The molecule has 1 aromatic rings. The number of amides is 1. The summed E-state index contributed by atoms with van der Waals surface area (Å²) >= 11 is 0. The van der Waals surface area contributed by atoms with Gasteiger partial charge in [-0.15, -0.1) is 0 Å². The molecule has 2 aliphatic heterocycles.